The van der Waals surface area contributed by atoms with E-state index in [1.165, 1.54) is 0 Å². The first-order valence-corrected chi connectivity index (χ1v) is 8.20. The van der Waals surface area contributed by atoms with E-state index in [0.29, 0.717) is 12.4 Å². The summed E-state index contributed by atoms with van der Waals surface area (Å²) in [6.45, 7) is 0.675. The molecule has 0 spiro atoms. The average molecular weight is 348 g/mol. The molecule has 6 nitrogen and oxygen atoms in total. The van der Waals surface area contributed by atoms with E-state index in [4.69, 9.17) is 4.74 Å². The summed E-state index contributed by atoms with van der Waals surface area (Å²) in [5, 5.41) is 11.0. The van der Waals surface area contributed by atoms with Gasteiger partial charge in [-0.15, -0.1) is 10.2 Å². The first-order valence-electron chi connectivity index (χ1n) is 8.20. The highest BCUT2D eigenvalue weighted by molar-refractivity contribution is 6.02. The maximum Gasteiger partial charge on any atom is 0.276 e. The summed E-state index contributed by atoms with van der Waals surface area (Å²) in [6, 6.07) is 20.6. The molecule has 0 aliphatic carbocycles. The van der Waals surface area contributed by atoms with Crippen LogP contribution in [0.1, 0.15) is 16.1 Å². The second-order valence-electron chi connectivity index (χ2n) is 5.80. The molecule has 1 aromatic heterocycles. The standard InChI is InChI=1S/C20H20N4O2/c1-24(14-15-8-10-17(26-2)11-9-15)19-13-12-18(22-23-19)20(25)21-16-6-4-3-5-7-16/h3-13H,14H2,1-2H3,(H,21,25). The number of hydrogen-bond donors (Lipinski definition) is 1. The number of benzene rings is 2. The molecule has 132 valence electrons. The van der Waals surface area contributed by atoms with Crippen molar-refractivity contribution in [2.75, 3.05) is 24.4 Å². The van der Waals surface area contributed by atoms with E-state index in [2.05, 4.69) is 15.5 Å². The number of carbonyl (C=O) groups excluding carboxylic acids is 1. The van der Waals surface area contributed by atoms with E-state index < -0.39 is 0 Å². The quantitative estimate of drug-likeness (QED) is 0.740. The second-order valence-corrected chi connectivity index (χ2v) is 5.80. The molecule has 0 unspecified atom stereocenters. The van der Waals surface area contributed by atoms with Crippen molar-refractivity contribution in [3.8, 4) is 5.75 Å². The van der Waals surface area contributed by atoms with E-state index in [1.54, 1.807) is 19.2 Å². The zero-order valence-corrected chi connectivity index (χ0v) is 14.7. The zero-order valence-electron chi connectivity index (χ0n) is 14.7. The fraction of sp³-hybridized carbons (Fsp3) is 0.150. The first kappa shape index (κ1) is 17.4. The van der Waals surface area contributed by atoms with Gasteiger partial charge in [0.2, 0.25) is 0 Å². The molecule has 0 atom stereocenters. The van der Waals surface area contributed by atoms with Crippen LogP contribution in [0.25, 0.3) is 0 Å². The summed E-state index contributed by atoms with van der Waals surface area (Å²) in [5.74, 6) is 1.23. The van der Waals surface area contributed by atoms with Crippen molar-refractivity contribution in [2.45, 2.75) is 6.54 Å². The van der Waals surface area contributed by atoms with Gasteiger partial charge in [-0.05, 0) is 42.0 Å². The zero-order chi connectivity index (χ0) is 18.4. The fourth-order valence-corrected chi connectivity index (χ4v) is 2.45. The van der Waals surface area contributed by atoms with Crippen LogP contribution in [0, 0.1) is 0 Å². The number of amides is 1. The molecule has 0 saturated carbocycles. The summed E-state index contributed by atoms with van der Waals surface area (Å²) >= 11 is 0. The molecule has 26 heavy (non-hydrogen) atoms. The number of para-hydroxylation sites is 1. The molecule has 0 bridgehead atoms. The number of ether oxygens (including phenoxy) is 1. The third-order valence-corrected chi connectivity index (χ3v) is 3.88. The van der Waals surface area contributed by atoms with Gasteiger partial charge in [0.15, 0.2) is 11.5 Å². The maximum absolute atomic E-state index is 12.2. The summed E-state index contributed by atoms with van der Waals surface area (Å²) in [7, 11) is 3.57. The Hall–Kier alpha value is -3.41. The number of nitrogens with zero attached hydrogens (tertiary/aromatic N) is 3. The maximum atomic E-state index is 12.2. The molecular formula is C20H20N4O2. The molecule has 1 N–H and O–H groups in total. The van der Waals surface area contributed by atoms with Crippen LogP contribution in [0.5, 0.6) is 5.75 Å². The summed E-state index contributed by atoms with van der Waals surface area (Å²) in [4.78, 5) is 14.2. The van der Waals surface area contributed by atoms with Gasteiger partial charge in [0.05, 0.1) is 7.11 Å². The van der Waals surface area contributed by atoms with E-state index in [1.807, 2.05) is 66.5 Å². The number of rotatable bonds is 6. The molecule has 0 aliphatic rings. The van der Waals surface area contributed by atoms with Crippen LogP contribution in [-0.2, 0) is 6.54 Å². The monoisotopic (exact) mass is 348 g/mol. The van der Waals surface area contributed by atoms with Crippen LogP contribution in [0.4, 0.5) is 11.5 Å². The Kier molecular flexibility index (Phi) is 5.43. The largest absolute Gasteiger partial charge is 0.497 e. The van der Waals surface area contributed by atoms with Crippen LogP contribution >= 0.6 is 0 Å². The number of nitrogens with one attached hydrogen (secondary N) is 1. The number of carbonyl (C=O) groups is 1. The van der Waals surface area contributed by atoms with Crippen molar-refractivity contribution >= 4 is 17.4 Å². The van der Waals surface area contributed by atoms with Gasteiger partial charge in [0, 0.05) is 19.3 Å². The highest BCUT2D eigenvalue weighted by Crippen LogP contribution is 2.16. The minimum atomic E-state index is -0.284. The van der Waals surface area contributed by atoms with E-state index in [9.17, 15) is 4.79 Å². The van der Waals surface area contributed by atoms with E-state index in [-0.39, 0.29) is 11.6 Å². The van der Waals surface area contributed by atoms with Gasteiger partial charge in [-0.3, -0.25) is 4.79 Å². The predicted molar refractivity (Wildman–Crippen MR) is 102 cm³/mol. The van der Waals surface area contributed by atoms with Crippen molar-refractivity contribution in [1.29, 1.82) is 0 Å². The van der Waals surface area contributed by atoms with Gasteiger partial charge >= 0.3 is 0 Å². The molecule has 6 heteroatoms. The Morgan fingerprint density at radius 3 is 2.35 bits per heavy atom. The van der Waals surface area contributed by atoms with Gasteiger partial charge in [0.25, 0.3) is 5.91 Å². The smallest absolute Gasteiger partial charge is 0.276 e. The lowest BCUT2D eigenvalue weighted by atomic mass is 10.2. The van der Waals surface area contributed by atoms with Crippen molar-refractivity contribution in [3.05, 3.63) is 78.0 Å². The summed E-state index contributed by atoms with van der Waals surface area (Å²) in [5.41, 5.74) is 2.12. The first-order chi connectivity index (χ1) is 12.7. The summed E-state index contributed by atoms with van der Waals surface area (Å²) < 4.78 is 5.16. The van der Waals surface area contributed by atoms with Crippen molar-refractivity contribution in [3.63, 3.8) is 0 Å². The molecule has 1 heterocycles. The molecule has 2 aromatic carbocycles. The molecule has 0 aliphatic heterocycles. The molecule has 3 rings (SSSR count). The third kappa shape index (κ3) is 4.36. The van der Waals surface area contributed by atoms with Crippen LogP contribution in [0.3, 0.4) is 0 Å². The van der Waals surface area contributed by atoms with Gasteiger partial charge in [0.1, 0.15) is 5.75 Å². The minimum Gasteiger partial charge on any atom is -0.497 e. The van der Waals surface area contributed by atoms with Crippen molar-refractivity contribution in [1.82, 2.24) is 10.2 Å². The number of anilines is 2. The molecule has 1 amide bonds. The number of hydrogen-bond acceptors (Lipinski definition) is 5. The molecule has 3 aromatic rings. The van der Waals surface area contributed by atoms with Crippen LogP contribution in [-0.4, -0.2) is 30.3 Å². The second kappa shape index (κ2) is 8.11. The van der Waals surface area contributed by atoms with Crippen molar-refractivity contribution in [2.24, 2.45) is 0 Å². The third-order valence-electron chi connectivity index (χ3n) is 3.88. The van der Waals surface area contributed by atoms with Gasteiger partial charge < -0.3 is 15.0 Å². The van der Waals surface area contributed by atoms with Gasteiger partial charge in [-0.25, -0.2) is 0 Å². The SMILES string of the molecule is COc1ccc(CN(C)c2ccc(C(=O)Nc3ccccc3)nn2)cc1. The molecule has 0 fully saturated rings. The Morgan fingerprint density at radius 1 is 1.00 bits per heavy atom. The predicted octanol–water partition coefficient (Wildman–Crippen LogP) is 3.37. The lowest BCUT2D eigenvalue weighted by molar-refractivity contribution is 0.102. The minimum absolute atomic E-state index is 0.274. The summed E-state index contributed by atoms with van der Waals surface area (Å²) in [6.07, 6.45) is 0. The van der Waals surface area contributed by atoms with Gasteiger partial charge in [-0.2, -0.15) is 0 Å². The van der Waals surface area contributed by atoms with E-state index >= 15 is 0 Å². The Morgan fingerprint density at radius 2 is 1.73 bits per heavy atom. The molecular weight excluding hydrogens is 328 g/mol. The fourth-order valence-electron chi connectivity index (χ4n) is 2.45. The highest BCUT2D eigenvalue weighted by atomic mass is 16.5. The topological polar surface area (TPSA) is 67.3 Å². The van der Waals surface area contributed by atoms with Crippen LogP contribution < -0.4 is 15.0 Å². The van der Waals surface area contributed by atoms with E-state index in [0.717, 1.165) is 17.0 Å². The van der Waals surface area contributed by atoms with Crippen LogP contribution in [0.2, 0.25) is 0 Å². The number of aromatic nitrogens is 2. The van der Waals surface area contributed by atoms with Crippen molar-refractivity contribution < 1.29 is 9.53 Å². The Bertz CT molecular complexity index is 849. The lowest BCUT2D eigenvalue weighted by Crippen LogP contribution is -2.20. The number of methoxy groups -OCH3 is 1. The lowest BCUT2D eigenvalue weighted by Gasteiger charge is -2.17. The van der Waals surface area contributed by atoms with Crippen LogP contribution in [0.15, 0.2) is 66.7 Å². The normalized spacial score (nSPS) is 10.2. The van der Waals surface area contributed by atoms with Gasteiger partial charge in [-0.1, -0.05) is 30.3 Å². The highest BCUT2D eigenvalue weighted by Gasteiger charge is 2.10. The average Bonchev–Trinajstić information content (AvgIpc) is 2.69. The molecule has 0 saturated heterocycles. The molecule has 0 radical (unpaired) electrons. The Balaban J connectivity index is 1.63. The Labute approximate surface area is 152 Å².